The summed E-state index contributed by atoms with van der Waals surface area (Å²) in [7, 11) is 2.31. The highest BCUT2D eigenvalue weighted by atomic mass is 16.5. The Morgan fingerprint density at radius 1 is 1.28 bits per heavy atom. The molecule has 3 heteroatoms. The lowest BCUT2D eigenvalue weighted by molar-refractivity contribution is -0.0950. The molecule has 0 aromatic heterocycles. The Bertz CT molecular complexity index is 253. The van der Waals surface area contributed by atoms with Crippen molar-refractivity contribution in [2.45, 2.75) is 57.6 Å². The summed E-state index contributed by atoms with van der Waals surface area (Å²) in [5, 5.41) is 3.45. The number of hydrogen-bond donors (Lipinski definition) is 1. The predicted molar refractivity (Wildman–Crippen MR) is 75.9 cm³/mol. The highest BCUT2D eigenvalue weighted by molar-refractivity contribution is 4.87. The van der Waals surface area contributed by atoms with E-state index in [9.17, 15) is 0 Å². The fraction of sp³-hybridized carbons (Fsp3) is 1.00. The van der Waals surface area contributed by atoms with Crippen molar-refractivity contribution >= 4 is 0 Å². The summed E-state index contributed by atoms with van der Waals surface area (Å²) in [4.78, 5) is 2.60. The Morgan fingerprint density at radius 3 is 2.67 bits per heavy atom. The lowest BCUT2D eigenvalue weighted by atomic mass is 9.88. The highest BCUT2D eigenvalue weighted by Gasteiger charge is 2.33. The van der Waals surface area contributed by atoms with Crippen LogP contribution < -0.4 is 5.32 Å². The van der Waals surface area contributed by atoms with Crippen LogP contribution in [0.15, 0.2) is 0 Å². The molecule has 0 aromatic carbocycles. The number of hydrogen-bond acceptors (Lipinski definition) is 3. The molecule has 18 heavy (non-hydrogen) atoms. The van der Waals surface area contributed by atoms with Crippen LogP contribution in [-0.2, 0) is 4.74 Å². The van der Waals surface area contributed by atoms with Crippen LogP contribution in [0.3, 0.4) is 0 Å². The van der Waals surface area contributed by atoms with E-state index in [4.69, 9.17) is 4.74 Å². The van der Waals surface area contributed by atoms with Crippen molar-refractivity contribution in [3.8, 4) is 0 Å². The number of nitrogens with one attached hydrogen (secondary N) is 1. The predicted octanol–water partition coefficient (Wildman–Crippen LogP) is 2.27. The molecule has 3 nitrogen and oxygen atoms in total. The first-order valence-corrected chi connectivity index (χ1v) is 7.68. The van der Waals surface area contributed by atoms with E-state index in [0.29, 0.717) is 0 Å². The smallest absolute Gasteiger partial charge is 0.0666 e. The van der Waals surface area contributed by atoms with Crippen molar-refractivity contribution in [1.82, 2.24) is 10.2 Å². The minimum atomic E-state index is 0.116. The van der Waals surface area contributed by atoms with Crippen LogP contribution in [-0.4, -0.2) is 49.8 Å². The van der Waals surface area contributed by atoms with E-state index >= 15 is 0 Å². The molecule has 106 valence electrons. The van der Waals surface area contributed by atoms with Gasteiger partial charge in [0.1, 0.15) is 0 Å². The third kappa shape index (κ3) is 3.69. The standard InChI is InChI=1S/C15H30N2O/c1-4-15(2)11-14(7-10-18-15)17(3)12-13-5-8-16-9-6-13/h13-14,16H,4-12H2,1-3H3. The van der Waals surface area contributed by atoms with Crippen LogP contribution in [0.25, 0.3) is 0 Å². The molecule has 2 aliphatic rings. The maximum atomic E-state index is 5.95. The molecule has 2 unspecified atom stereocenters. The molecule has 0 bridgehead atoms. The lowest BCUT2D eigenvalue weighted by Crippen LogP contribution is -2.47. The Morgan fingerprint density at radius 2 is 2.00 bits per heavy atom. The van der Waals surface area contributed by atoms with E-state index in [2.05, 4.69) is 31.1 Å². The van der Waals surface area contributed by atoms with Gasteiger partial charge < -0.3 is 15.0 Å². The molecule has 0 radical (unpaired) electrons. The Labute approximate surface area is 112 Å². The van der Waals surface area contributed by atoms with Gasteiger partial charge in [0.2, 0.25) is 0 Å². The number of rotatable bonds is 4. The zero-order chi connectivity index (χ0) is 13.0. The van der Waals surface area contributed by atoms with Gasteiger partial charge in [0.15, 0.2) is 0 Å². The molecule has 0 amide bonds. The second-order valence-electron chi connectivity index (χ2n) is 6.43. The summed E-state index contributed by atoms with van der Waals surface area (Å²) in [5.41, 5.74) is 0.116. The zero-order valence-corrected chi connectivity index (χ0v) is 12.4. The first-order valence-electron chi connectivity index (χ1n) is 7.68. The molecule has 2 atom stereocenters. The lowest BCUT2D eigenvalue weighted by Gasteiger charge is -2.42. The number of piperidine rings is 1. The quantitative estimate of drug-likeness (QED) is 0.833. The average molecular weight is 254 g/mol. The Balaban J connectivity index is 1.82. The molecular weight excluding hydrogens is 224 g/mol. The van der Waals surface area contributed by atoms with Crippen LogP contribution in [0, 0.1) is 5.92 Å². The summed E-state index contributed by atoms with van der Waals surface area (Å²) in [6, 6.07) is 0.721. The molecule has 0 spiro atoms. The molecule has 2 saturated heterocycles. The van der Waals surface area contributed by atoms with E-state index in [1.165, 1.54) is 45.3 Å². The largest absolute Gasteiger partial charge is 0.375 e. The molecule has 0 aliphatic carbocycles. The van der Waals surface area contributed by atoms with E-state index in [0.717, 1.165) is 25.0 Å². The first kappa shape index (κ1) is 14.3. The highest BCUT2D eigenvalue weighted by Crippen LogP contribution is 2.30. The van der Waals surface area contributed by atoms with Crippen LogP contribution >= 0.6 is 0 Å². The molecule has 2 heterocycles. The van der Waals surface area contributed by atoms with Gasteiger partial charge in [0.25, 0.3) is 0 Å². The molecule has 0 aromatic rings. The van der Waals surface area contributed by atoms with E-state index in [1.807, 2.05) is 0 Å². The van der Waals surface area contributed by atoms with E-state index in [1.54, 1.807) is 0 Å². The van der Waals surface area contributed by atoms with Crippen molar-refractivity contribution in [2.75, 3.05) is 33.3 Å². The molecule has 2 fully saturated rings. The molecular formula is C15H30N2O. The van der Waals surface area contributed by atoms with Gasteiger partial charge in [-0.15, -0.1) is 0 Å². The van der Waals surface area contributed by atoms with Gasteiger partial charge in [-0.2, -0.15) is 0 Å². The van der Waals surface area contributed by atoms with E-state index < -0.39 is 0 Å². The van der Waals surface area contributed by atoms with Crippen LogP contribution in [0.4, 0.5) is 0 Å². The second kappa shape index (κ2) is 6.36. The van der Waals surface area contributed by atoms with Gasteiger partial charge in [-0.25, -0.2) is 0 Å². The van der Waals surface area contributed by atoms with Gasteiger partial charge in [0.05, 0.1) is 5.60 Å². The number of nitrogens with zero attached hydrogens (tertiary/aromatic N) is 1. The molecule has 1 N–H and O–H groups in total. The van der Waals surface area contributed by atoms with Crippen molar-refractivity contribution < 1.29 is 4.74 Å². The molecule has 2 aliphatic heterocycles. The zero-order valence-electron chi connectivity index (χ0n) is 12.4. The Kier molecular flexibility index (Phi) is 5.05. The van der Waals surface area contributed by atoms with Crippen LogP contribution in [0.1, 0.15) is 46.0 Å². The maximum Gasteiger partial charge on any atom is 0.0666 e. The van der Waals surface area contributed by atoms with Crippen molar-refractivity contribution in [3.63, 3.8) is 0 Å². The van der Waals surface area contributed by atoms with Crippen molar-refractivity contribution in [2.24, 2.45) is 5.92 Å². The number of ether oxygens (including phenoxy) is 1. The first-order chi connectivity index (χ1) is 8.63. The minimum absolute atomic E-state index is 0.116. The van der Waals surface area contributed by atoms with Gasteiger partial charge >= 0.3 is 0 Å². The molecule has 2 rings (SSSR count). The van der Waals surface area contributed by atoms with Gasteiger partial charge in [-0.3, -0.25) is 0 Å². The van der Waals surface area contributed by atoms with Crippen molar-refractivity contribution in [3.05, 3.63) is 0 Å². The Hall–Kier alpha value is -0.120. The average Bonchev–Trinajstić information content (AvgIpc) is 2.40. The van der Waals surface area contributed by atoms with Crippen LogP contribution in [0.2, 0.25) is 0 Å². The van der Waals surface area contributed by atoms with Gasteiger partial charge in [0, 0.05) is 19.2 Å². The topological polar surface area (TPSA) is 24.5 Å². The third-order valence-corrected chi connectivity index (χ3v) is 4.95. The van der Waals surface area contributed by atoms with Crippen LogP contribution in [0.5, 0.6) is 0 Å². The molecule has 0 saturated carbocycles. The second-order valence-corrected chi connectivity index (χ2v) is 6.43. The monoisotopic (exact) mass is 254 g/mol. The fourth-order valence-corrected chi connectivity index (χ4v) is 3.34. The summed E-state index contributed by atoms with van der Waals surface area (Å²) in [6.45, 7) is 9.14. The minimum Gasteiger partial charge on any atom is -0.375 e. The fourth-order valence-electron chi connectivity index (χ4n) is 3.34. The normalized spacial score (nSPS) is 35.0. The third-order valence-electron chi connectivity index (χ3n) is 4.95. The SMILES string of the molecule is CCC1(C)CC(N(C)CC2CCNCC2)CCO1. The summed E-state index contributed by atoms with van der Waals surface area (Å²) >= 11 is 0. The summed E-state index contributed by atoms with van der Waals surface area (Å²) < 4.78 is 5.95. The summed E-state index contributed by atoms with van der Waals surface area (Å²) in [5.74, 6) is 0.895. The van der Waals surface area contributed by atoms with Gasteiger partial charge in [-0.1, -0.05) is 6.92 Å². The maximum absolute atomic E-state index is 5.95. The van der Waals surface area contributed by atoms with Crippen molar-refractivity contribution in [1.29, 1.82) is 0 Å². The van der Waals surface area contributed by atoms with Gasteiger partial charge in [-0.05, 0) is 65.1 Å². The summed E-state index contributed by atoms with van der Waals surface area (Å²) in [6.07, 6.45) is 6.23. The van der Waals surface area contributed by atoms with E-state index in [-0.39, 0.29) is 5.60 Å².